The van der Waals surface area contributed by atoms with Crippen molar-refractivity contribution in [1.29, 1.82) is 0 Å². The molecule has 1 fully saturated rings. The summed E-state index contributed by atoms with van der Waals surface area (Å²) in [6.45, 7) is 5.91. The molecule has 0 radical (unpaired) electrons. The highest BCUT2D eigenvalue weighted by Gasteiger charge is 2.32. The van der Waals surface area contributed by atoms with Crippen LogP contribution in [0.4, 0.5) is 4.79 Å². The molecular weight excluding hydrogens is 210 g/mol. The summed E-state index contributed by atoms with van der Waals surface area (Å²) in [5.41, 5.74) is -0.458. The number of rotatable bonds is 4. The molecule has 5 heteroatoms. The maximum atomic E-state index is 11.4. The van der Waals surface area contributed by atoms with E-state index in [1.165, 1.54) is 0 Å². The number of aliphatic hydroxyl groups excluding tert-OH is 1. The van der Waals surface area contributed by atoms with Gasteiger partial charge in [0, 0.05) is 6.04 Å². The maximum Gasteiger partial charge on any atom is 0.407 e. The van der Waals surface area contributed by atoms with Crippen molar-refractivity contribution < 1.29 is 19.4 Å². The molecule has 94 valence electrons. The maximum absolute atomic E-state index is 11.4. The van der Waals surface area contributed by atoms with Gasteiger partial charge < -0.3 is 19.9 Å². The van der Waals surface area contributed by atoms with E-state index in [2.05, 4.69) is 5.32 Å². The predicted octanol–water partition coefficient (Wildman–Crippen LogP) is 1.05. The number of amides is 1. The summed E-state index contributed by atoms with van der Waals surface area (Å²) in [5.74, 6) is 0. The average molecular weight is 231 g/mol. The SMILES string of the molecule is CC(C)(C)OC(=O)NC1CC(OCCO)C1. The van der Waals surface area contributed by atoms with Gasteiger partial charge in [0.05, 0.1) is 19.3 Å². The lowest BCUT2D eigenvalue weighted by atomic mass is 9.89. The zero-order valence-corrected chi connectivity index (χ0v) is 10.2. The van der Waals surface area contributed by atoms with Crippen LogP contribution in [0.2, 0.25) is 0 Å². The van der Waals surface area contributed by atoms with Crippen molar-refractivity contribution in [2.75, 3.05) is 13.2 Å². The van der Waals surface area contributed by atoms with Crippen molar-refractivity contribution in [3.8, 4) is 0 Å². The topological polar surface area (TPSA) is 67.8 Å². The molecule has 1 aliphatic carbocycles. The molecule has 0 aliphatic heterocycles. The van der Waals surface area contributed by atoms with E-state index in [1.54, 1.807) is 0 Å². The highest BCUT2D eigenvalue weighted by atomic mass is 16.6. The fourth-order valence-corrected chi connectivity index (χ4v) is 1.51. The molecule has 0 aromatic rings. The number of hydrogen-bond donors (Lipinski definition) is 2. The monoisotopic (exact) mass is 231 g/mol. The fourth-order valence-electron chi connectivity index (χ4n) is 1.51. The third kappa shape index (κ3) is 4.81. The number of ether oxygens (including phenoxy) is 2. The van der Waals surface area contributed by atoms with Gasteiger partial charge in [0.25, 0.3) is 0 Å². The third-order valence-electron chi connectivity index (χ3n) is 2.26. The van der Waals surface area contributed by atoms with Crippen LogP contribution < -0.4 is 5.32 Å². The van der Waals surface area contributed by atoms with Crippen LogP contribution in [-0.2, 0) is 9.47 Å². The van der Waals surface area contributed by atoms with Crippen molar-refractivity contribution >= 4 is 6.09 Å². The Morgan fingerprint density at radius 1 is 1.44 bits per heavy atom. The van der Waals surface area contributed by atoms with E-state index in [-0.39, 0.29) is 24.8 Å². The summed E-state index contributed by atoms with van der Waals surface area (Å²) in [6.07, 6.45) is 1.36. The van der Waals surface area contributed by atoms with Crippen LogP contribution in [0.1, 0.15) is 33.6 Å². The van der Waals surface area contributed by atoms with Crippen molar-refractivity contribution in [2.24, 2.45) is 0 Å². The normalized spacial score (nSPS) is 24.8. The van der Waals surface area contributed by atoms with Crippen molar-refractivity contribution in [3.05, 3.63) is 0 Å². The molecule has 2 N–H and O–H groups in total. The minimum absolute atomic E-state index is 0.0423. The largest absolute Gasteiger partial charge is 0.444 e. The molecule has 1 amide bonds. The Balaban J connectivity index is 2.10. The highest BCUT2D eigenvalue weighted by Crippen LogP contribution is 2.23. The second kappa shape index (κ2) is 5.50. The van der Waals surface area contributed by atoms with Crippen LogP contribution in [0.3, 0.4) is 0 Å². The molecule has 0 spiro atoms. The van der Waals surface area contributed by atoms with Crippen molar-refractivity contribution in [3.63, 3.8) is 0 Å². The van der Waals surface area contributed by atoms with E-state index >= 15 is 0 Å². The molecule has 0 aromatic carbocycles. The van der Waals surface area contributed by atoms with Gasteiger partial charge in [-0.15, -0.1) is 0 Å². The standard InChI is InChI=1S/C11H21NO4/c1-11(2,3)16-10(14)12-8-6-9(7-8)15-5-4-13/h8-9,13H,4-7H2,1-3H3,(H,12,14). The van der Waals surface area contributed by atoms with Gasteiger partial charge in [-0.1, -0.05) is 0 Å². The number of hydrogen-bond acceptors (Lipinski definition) is 4. The summed E-state index contributed by atoms with van der Waals surface area (Å²) in [6, 6.07) is 0.138. The van der Waals surface area contributed by atoms with E-state index in [0.717, 1.165) is 12.8 Å². The van der Waals surface area contributed by atoms with Crippen molar-refractivity contribution in [1.82, 2.24) is 5.32 Å². The molecule has 1 rings (SSSR count). The van der Waals surface area contributed by atoms with Gasteiger partial charge in [-0.2, -0.15) is 0 Å². The first kappa shape index (κ1) is 13.3. The third-order valence-corrected chi connectivity index (χ3v) is 2.26. The fraction of sp³-hybridized carbons (Fsp3) is 0.909. The Morgan fingerprint density at radius 2 is 2.06 bits per heavy atom. The molecule has 0 aromatic heterocycles. The molecule has 0 saturated heterocycles. The van der Waals surface area contributed by atoms with Crippen LogP contribution in [0.15, 0.2) is 0 Å². The Labute approximate surface area is 96.1 Å². The first-order valence-electron chi connectivity index (χ1n) is 5.62. The smallest absolute Gasteiger partial charge is 0.407 e. The average Bonchev–Trinajstić information content (AvgIpc) is 2.05. The Kier molecular flexibility index (Phi) is 4.56. The lowest BCUT2D eigenvalue weighted by Gasteiger charge is -2.35. The molecule has 0 atom stereocenters. The number of carbonyl (C=O) groups is 1. The number of alkyl carbamates (subject to hydrolysis) is 1. The summed E-state index contributed by atoms with van der Waals surface area (Å²) in [7, 11) is 0. The van der Waals surface area contributed by atoms with Gasteiger partial charge in [0.2, 0.25) is 0 Å². The quantitative estimate of drug-likeness (QED) is 0.759. The summed E-state index contributed by atoms with van der Waals surface area (Å²) in [5, 5.41) is 11.3. The van der Waals surface area contributed by atoms with Crippen LogP contribution in [0.25, 0.3) is 0 Å². The Morgan fingerprint density at radius 3 is 2.56 bits per heavy atom. The molecular formula is C11H21NO4. The van der Waals surface area contributed by atoms with Crippen LogP contribution in [-0.4, -0.2) is 42.2 Å². The van der Waals surface area contributed by atoms with Crippen molar-refractivity contribution in [2.45, 2.75) is 51.4 Å². The highest BCUT2D eigenvalue weighted by molar-refractivity contribution is 5.68. The van der Waals surface area contributed by atoms with Gasteiger partial charge in [0.1, 0.15) is 5.60 Å². The predicted molar refractivity (Wildman–Crippen MR) is 59.2 cm³/mol. The molecule has 0 bridgehead atoms. The molecule has 16 heavy (non-hydrogen) atoms. The molecule has 0 heterocycles. The zero-order chi connectivity index (χ0) is 12.2. The van der Waals surface area contributed by atoms with Gasteiger partial charge in [-0.3, -0.25) is 0 Å². The number of carbonyl (C=O) groups excluding carboxylic acids is 1. The second-order valence-electron chi connectivity index (χ2n) is 5.03. The Bertz CT molecular complexity index is 231. The van der Waals surface area contributed by atoms with Gasteiger partial charge in [0.15, 0.2) is 0 Å². The van der Waals surface area contributed by atoms with E-state index in [9.17, 15) is 4.79 Å². The molecule has 1 aliphatic rings. The van der Waals surface area contributed by atoms with Gasteiger partial charge in [-0.25, -0.2) is 4.79 Å². The first-order valence-corrected chi connectivity index (χ1v) is 5.62. The number of nitrogens with one attached hydrogen (secondary N) is 1. The van der Waals surface area contributed by atoms with Gasteiger partial charge in [-0.05, 0) is 33.6 Å². The van der Waals surface area contributed by atoms with Crippen LogP contribution >= 0.6 is 0 Å². The van der Waals surface area contributed by atoms with E-state index < -0.39 is 5.60 Å². The minimum atomic E-state index is -0.458. The second-order valence-corrected chi connectivity index (χ2v) is 5.03. The molecule has 5 nitrogen and oxygen atoms in total. The minimum Gasteiger partial charge on any atom is -0.444 e. The molecule has 0 unspecified atom stereocenters. The van der Waals surface area contributed by atoms with Gasteiger partial charge >= 0.3 is 6.09 Å². The zero-order valence-electron chi connectivity index (χ0n) is 10.2. The molecule has 1 saturated carbocycles. The summed E-state index contributed by atoms with van der Waals surface area (Å²) >= 11 is 0. The van der Waals surface area contributed by atoms with E-state index in [0.29, 0.717) is 6.61 Å². The Hall–Kier alpha value is -0.810. The lowest BCUT2D eigenvalue weighted by molar-refractivity contribution is -0.0320. The van der Waals surface area contributed by atoms with E-state index in [4.69, 9.17) is 14.6 Å². The lowest BCUT2D eigenvalue weighted by Crippen LogP contribution is -2.49. The summed E-state index contributed by atoms with van der Waals surface area (Å²) < 4.78 is 10.4. The first-order chi connectivity index (χ1) is 7.40. The van der Waals surface area contributed by atoms with Crippen LogP contribution in [0, 0.1) is 0 Å². The summed E-state index contributed by atoms with van der Waals surface area (Å²) in [4.78, 5) is 11.4. The van der Waals surface area contributed by atoms with E-state index in [1.807, 2.05) is 20.8 Å². The number of aliphatic hydroxyl groups is 1. The van der Waals surface area contributed by atoms with Crippen LogP contribution in [0.5, 0.6) is 0 Å².